The summed E-state index contributed by atoms with van der Waals surface area (Å²) in [4.78, 5) is 35.0. The van der Waals surface area contributed by atoms with Gasteiger partial charge in [0.25, 0.3) is 11.7 Å². The summed E-state index contributed by atoms with van der Waals surface area (Å²) >= 11 is 1.27. The minimum absolute atomic E-state index is 0.206. The fraction of sp³-hybridized carbons (Fsp3) is 0.267. The number of amides is 1. The van der Waals surface area contributed by atoms with Crippen LogP contribution in [0, 0.1) is 6.92 Å². The summed E-state index contributed by atoms with van der Waals surface area (Å²) in [5.74, 6) is -4.03. The molecule has 0 aliphatic rings. The van der Waals surface area contributed by atoms with Gasteiger partial charge in [0.2, 0.25) is 0 Å². The molecule has 0 bridgehead atoms. The molecule has 0 saturated carbocycles. The molecule has 0 spiro atoms. The third-order valence-corrected chi connectivity index (χ3v) is 4.67. The molecule has 1 heterocycles. The Morgan fingerprint density at radius 3 is 2.72 bits per heavy atom. The van der Waals surface area contributed by atoms with E-state index in [1.165, 1.54) is 16.7 Å². The maximum atomic E-state index is 12.5. The first-order valence-electron chi connectivity index (χ1n) is 7.01. The fourth-order valence-electron chi connectivity index (χ4n) is 1.87. The van der Waals surface area contributed by atoms with Crippen LogP contribution in [0.15, 0.2) is 39.3 Å². The second kappa shape index (κ2) is 8.77. The Hall–Kier alpha value is -2.20. The first-order chi connectivity index (χ1) is 11.9. The van der Waals surface area contributed by atoms with Gasteiger partial charge in [0.15, 0.2) is 6.61 Å². The maximum Gasteiger partial charge on any atom is 0.326 e. The van der Waals surface area contributed by atoms with Crippen molar-refractivity contribution in [3.05, 3.63) is 45.0 Å². The molecular weight excluding hydrogens is 374 g/mol. The van der Waals surface area contributed by atoms with E-state index < -0.39 is 24.2 Å². The molecule has 1 aromatic carbocycles. The molecule has 0 radical (unpaired) electrons. The summed E-state index contributed by atoms with van der Waals surface area (Å²) in [6.45, 7) is 0.805. The first kappa shape index (κ1) is 19.1. The molecule has 0 saturated heterocycles. The third-order valence-electron chi connectivity index (χ3n) is 3.01. The van der Waals surface area contributed by atoms with E-state index >= 15 is 0 Å². The number of anilines is 1. The van der Waals surface area contributed by atoms with Crippen LogP contribution in [-0.2, 0) is 20.9 Å². The molecule has 1 amide bonds. The quantitative estimate of drug-likeness (QED) is 0.583. The van der Waals surface area contributed by atoms with E-state index in [9.17, 15) is 23.2 Å². The lowest BCUT2D eigenvalue weighted by Crippen LogP contribution is -2.26. The van der Waals surface area contributed by atoms with Gasteiger partial charge >= 0.3 is 10.8 Å². The Morgan fingerprint density at radius 1 is 1.36 bits per heavy atom. The number of alkyl halides is 2. The molecule has 134 valence electrons. The molecule has 0 atom stereocenters. The zero-order valence-electron chi connectivity index (χ0n) is 13.0. The lowest BCUT2D eigenvalue weighted by atomic mass is 10.3. The van der Waals surface area contributed by atoms with Crippen LogP contribution in [0.3, 0.4) is 0 Å². The molecule has 1 N–H and O–H groups in total. The lowest BCUT2D eigenvalue weighted by molar-refractivity contribution is -0.147. The average Bonchev–Trinajstić information content (AvgIpc) is 2.86. The number of aromatic nitrogens is 1. The standard InChI is InChI=1S/C15H14F2N2O4S2/c1-9-8-24-15(22)19(9)6-13(21)23-7-12(20)18-10-4-2-3-5-11(10)25-14(16)17/h2-5,8,14H,6-7H2,1H3,(H,18,20). The molecular formula is C15H14F2N2O4S2. The van der Waals surface area contributed by atoms with Gasteiger partial charge in [-0.15, -0.1) is 0 Å². The predicted octanol–water partition coefficient (Wildman–Crippen LogP) is 2.71. The van der Waals surface area contributed by atoms with E-state index in [2.05, 4.69) is 5.32 Å². The Balaban J connectivity index is 1.89. The van der Waals surface area contributed by atoms with E-state index in [0.717, 1.165) is 11.3 Å². The number of esters is 1. The number of carbonyl (C=O) groups is 2. The van der Waals surface area contributed by atoms with Gasteiger partial charge in [-0.05, 0) is 19.1 Å². The lowest BCUT2D eigenvalue weighted by Gasteiger charge is -2.11. The van der Waals surface area contributed by atoms with Crippen molar-refractivity contribution in [1.29, 1.82) is 0 Å². The summed E-state index contributed by atoms with van der Waals surface area (Å²) in [5.41, 5.74) is 0.827. The van der Waals surface area contributed by atoms with Gasteiger partial charge < -0.3 is 10.1 Å². The normalized spacial score (nSPS) is 10.7. The van der Waals surface area contributed by atoms with Crippen molar-refractivity contribution in [1.82, 2.24) is 4.57 Å². The Labute approximate surface area is 149 Å². The Kier molecular flexibility index (Phi) is 6.71. The van der Waals surface area contributed by atoms with Gasteiger partial charge in [-0.25, -0.2) is 0 Å². The van der Waals surface area contributed by atoms with Crippen molar-refractivity contribution in [2.75, 3.05) is 11.9 Å². The minimum Gasteiger partial charge on any atom is -0.454 e. The summed E-state index contributed by atoms with van der Waals surface area (Å²) in [6, 6.07) is 6.08. The average molecular weight is 388 g/mol. The van der Waals surface area contributed by atoms with Gasteiger partial charge in [0, 0.05) is 16.0 Å². The number of thiazole rings is 1. The van der Waals surface area contributed by atoms with Crippen LogP contribution in [-0.4, -0.2) is 28.8 Å². The number of ether oxygens (including phenoxy) is 1. The van der Waals surface area contributed by atoms with Crippen molar-refractivity contribution < 1.29 is 23.1 Å². The zero-order valence-corrected chi connectivity index (χ0v) is 14.7. The second-order valence-corrected chi connectivity index (χ2v) is 6.67. The van der Waals surface area contributed by atoms with Crippen LogP contribution >= 0.6 is 23.1 Å². The molecule has 6 nitrogen and oxygen atoms in total. The van der Waals surface area contributed by atoms with Crippen molar-refractivity contribution in [2.45, 2.75) is 24.1 Å². The highest BCUT2D eigenvalue weighted by Gasteiger charge is 2.14. The second-order valence-electron chi connectivity index (χ2n) is 4.81. The highest BCUT2D eigenvalue weighted by molar-refractivity contribution is 7.99. The summed E-state index contributed by atoms with van der Waals surface area (Å²) < 4.78 is 31.0. The van der Waals surface area contributed by atoms with E-state index in [4.69, 9.17) is 4.74 Å². The minimum atomic E-state index is -2.62. The Bertz CT molecular complexity index is 820. The van der Waals surface area contributed by atoms with Crippen LogP contribution in [0.5, 0.6) is 0 Å². The zero-order chi connectivity index (χ0) is 18.4. The highest BCUT2D eigenvalue weighted by Crippen LogP contribution is 2.31. The number of para-hydroxylation sites is 1. The van der Waals surface area contributed by atoms with Crippen molar-refractivity contribution in [2.24, 2.45) is 0 Å². The molecule has 2 aromatic rings. The largest absolute Gasteiger partial charge is 0.454 e. The van der Waals surface area contributed by atoms with Gasteiger partial charge in [0.1, 0.15) is 6.54 Å². The number of hydrogen-bond acceptors (Lipinski definition) is 6. The van der Waals surface area contributed by atoms with E-state index in [1.807, 2.05) is 0 Å². The summed E-state index contributed by atoms with van der Waals surface area (Å²) in [5, 5.41) is 4.03. The molecule has 0 aliphatic heterocycles. The monoisotopic (exact) mass is 388 g/mol. The van der Waals surface area contributed by atoms with E-state index in [0.29, 0.717) is 17.5 Å². The number of benzene rings is 1. The van der Waals surface area contributed by atoms with Gasteiger partial charge in [-0.3, -0.25) is 19.0 Å². The van der Waals surface area contributed by atoms with Crippen LogP contribution in [0.4, 0.5) is 14.5 Å². The van der Waals surface area contributed by atoms with Gasteiger partial charge in [0.05, 0.1) is 5.69 Å². The predicted molar refractivity (Wildman–Crippen MR) is 91.2 cm³/mol. The number of rotatable bonds is 7. The highest BCUT2D eigenvalue weighted by atomic mass is 32.2. The Morgan fingerprint density at radius 2 is 2.08 bits per heavy atom. The number of nitrogens with one attached hydrogen (secondary N) is 1. The maximum absolute atomic E-state index is 12.5. The number of carbonyl (C=O) groups excluding carboxylic acids is 2. The number of nitrogens with zero attached hydrogens (tertiary/aromatic N) is 1. The van der Waals surface area contributed by atoms with Gasteiger partial charge in [-0.2, -0.15) is 8.78 Å². The number of halogens is 2. The third kappa shape index (κ3) is 5.68. The molecule has 2 rings (SSSR count). The number of hydrogen-bond donors (Lipinski definition) is 1. The van der Waals surface area contributed by atoms with Crippen LogP contribution in [0.2, 0.25) is 0 Å². The summed E-state index contributed by atoms with van der Waals surface area (Å²) in [7, 11) is 0. The van der Waals surface area contributed by atoms with Gasteiger partial charge in [-0.1, -0.05) is 35.2 Å². The molecule has 0 fully saturated rings. The van der Waals surface area contributed by atoms with Crippen molar-refractivity contribution in [3.8, 4) is 0 Å². The van der Waals surface area contributed by atoms with Crippen molar-refractivity contribution >= 4 is 40.7 Å². The van der Waals surface area contributed by atoms with E-state index in [1.54, 1.807) is 24.4 Å². The van der Waals surface area contributed by atoms with Crippen LogP contribution in [0.1, 0.15) is 5.69 Å². The van der Waals surface area contributed by atoms with Crippen LogP contribution < -0.4 is 10.2 Å². The van der Waals surface area contributed by atoms with Crippen molar-refractivity contribution in [3.63, 3.8) is 0 Å². The molecule has 0 aliphatic carbocycles. The molecule has 0 unspecified atom stereocenters. The molecule has 10 heteroatoms. The molecule has 1 aromatic heterocycles. The first-order valence-corrected chi connectivity index (χ1v) is 8.77. The SMILES string of the molecule is Cc1csc(=O)n1CC(=O)OCC(=O)Nc1ccccc1SC(F)F. The van der Waals surface area contributed by atoms with E-state index in [-0.39, 0.29) is 22.0 Å². The fourth-order valence-corrected chi connectivity index (χ4v) is 3.20. The number of thioether (sulfide) groups is 1. The topological polar surface area (TPSA) is 77.4 Å². The number of aryl methyl sites for hydroxylation is 1. The van der Waals surface area contributed by atoms with Crippen LogP contribution in [0.25, 0.3) is 0 Å². The smallest absolute Gasteiger partial charge is 0.326 e. The summed E-state index contributed by atoms with van der Waals surface area (Å²) in [6.07, 6.45) is 0. The molecule has 25 heavy (non-hydrogen) atoms.